The van der Waals surface area contributed by atoms with Gasteiger partial charge in [0.25, 0.3) is 0 Å². The van der Waals surface area contributed by atoms with Crippen molar-refractivity contribution >= 4 is 17.3 Å². The van der Waals surface area contributed by atoms with Gasteiger partial charge in [-0.15, -0.1) is 0 Å². The largest absolute Gasteiger partial charge is 0.300 e. The summed E-state index contributed by atoms with van der Waals surface area (Å²) in [5.74, 6) is 3.36. The molecule has 3 nitrogen and oxygen atoms in total. The predicted molar refractivity (Wildman–Crippen MR) is 219 cm³/mol. The van der Waals surface area contributed by atoms with Crippen LogP contribution < -0.4 is 0 Å². The molecule has 0 heterocycles. The summed E-state index contributed by atoms with van der Waals surface area (Å²) in [4.78, 5) is 37.5. The van der Waals surface area contributed by atoms with E-state index in [-0.39, 0.29) is 0 Å². The van der Waals surface area contributed by atoms with Gasteiger partial charge in [0.1, 0.15) is 17.3 Å². The van der Waals surface area contributed by atoms with E-state index in [0.29, 0.717) is 41.0 Å². The lowest BCUT2D eigenvalue weighted by atomic mass is 9.76. The van der Waals surface area contributed by atoms with Gasteiger partial charge in [0, 0.05) is 37.5 Å². The normalized spacial score (nSPS) is 20.5. The molecular formula is C49H74O3. The third-order valence-electron chi connectivity index (χ3n) is 12.7. The second-order valence-corrected chi connectivity index (χ2v) is 16.8. The van der Waals surface area contributed by atoms with Crippen LogP contribution in [0.5, 0.6) is 0 Å². The zero-order valence-corrected chi connectivity index (χ0v) is 33.5. The van der Waals surface area contributed by atoms with Gasteiger partial charge in [-0.05, 0) is 137 Å². The van der Waals surface area contributed by atoms with Crippen molar-refractivity contribution in [2.75, 3.05) is 0 Å². The summed E-state index contributed by atoms with van der Waals surface area (Å²) < 4.78 is 0. The summed E-state index contributed by atoms with van der Waals surface area (Å²) in [6.07, 6.45) is 30.3. The molecule has 288 valence electrons. The molecular weight excluding hydrogens is 637 g/mol. The van der Waals surface area contributed by atoms with Gasteiger partial charge >= 0.3 is 0 Å². The molecule has 0 atom stereocenters. The Morgan fingerprint density at radius 2 is 0.769 bits per heavy atom. The standard InChI is InChI=1S/C49H74O3/c1-3-5-11-21-48(51)45-35-31-43(32-36-45)41-27-23-39(24-28-41)17-13-7-9-15-19-47(50)20-16-10-8-14-18-40-25-29-42(30-26-40)44-33-37-46(38-34-44)49(52)22-12-6-4-2/h23-30,43-46H,3-22,31-38H2,1-2H3. The minimum Gasteiger partial charge on any atom is -0.300 e. The maximum absolute atomic E-state index is 12.5. The lowest BCUT2D eigenvalue weighted by Crippen LogP contribution is -2.21. The Bertz CT molecular complexity index is 1180. The first kappa shape index (κ1) is 42.2. The highest BCUT2D eigenvalue weighted by Gasteiger charge is 2.27. The summed E-state index contributed by atoms with van der Waals surface area (Å²) in [6.45, 7) is 4.40. The molecule has 2 aromatic carbocycles. The molecule has 2 aromatic rings. The van der Waals surface area contributed by atoms with Gasteiger partial charge in [0.2, 0.25) is 0 Å². The average molecular weight is 711 g/mol. The maximum Gasteiger partial charge on any atom is 0.135 e. The SMILES string of the molecule is CCCCCC(=O)C1CCC(c2ccc(CCCCCCC(=O)CCCCCCc3ccc(C4CCC(C(=O)CCCCC)CC4)cc3)cc2)CC1. The molecule has 2 aliphatic rings. The van der Waals surface area contributed by atoms with Crippen LogP contribution in [0.3, 0.4) is 0 Å². The summed E-state index contributed by atoms with van der Waals surface area (Å²) in [5.41, 5.74) is 5.77. The fraction of sp³-hybridized carbons (Fsp3) is 0.694. The molecule has 0 unspecified atom stereocenters. The molecule has 0 bridgehead atoms. The topological polar surface area (TPSA) is 51.2 Å². The quantitative estimate of drug-likeness (QED) is 0.0913. The first-order chi connectivity index (χ1) is 25.5. The number of rotatable bonds is 26. The van der Waals surface area contributed by atoms with Crippen LogP contribution in [0.15, 0.2) is 48.5 Å². The van der Waals surface area contributed by atoms with Gasteiger partial charge in [-0.25, -0.2) is 0 Å². The van der Waals surface area contributed by atoms with Crippen molar-refractivity contribution in [3.8, 4) is 0 Å². The van der Waals surface area contributed by atoms with Crippen LogP contribution in [-0.2, 0) is 27.2 Å². The highest BCUT2D eigenvalue weighted by Crippen LogP contribution is 2.38. The molecule has 0 N–H and O–H groups in total. The Morgan fingerprint density at radius 1 is 0.423 bits per heavy atom. The number of carbonyl (C=O) groups is 3. The number of ketones is 3. The number of aryl methyl sites for hydroxylation is 2. The second-order valence-electron chi connectivity index (χ2n) is 16.8. The third kappa shape index (κ3) is 15.4. The number of Topliss-reactive ketones (excluding diaryl/α,β-unsaturated/α-hetero) is 3. The van der Waals surface area contributed by atoms with E-state index in [9.17, 15) is 14.4 Å². The number of unbranched alkanes of at least 4 members (excludes halogenated alkanes) is 10. The third-order valence-corrected chi connectivity index (χ3v) is 12.7. The molecule has 3 heteroatoms. The maximum atomic E-state index is 12.5. The van der Waals surface area contributed by atoms with Crippen molar-refractivity contribution in [1.29, 1.82) is 0 Å². The molecule has 0 spiro atoms. The molecule has 2 saturated carbocycles. The average Bonchev–Trinajstić information content (AvgIpc) is 3.18. The first-order valence-corrected chi connectivity index (χ1v) is 22.2. The smallest absolute Gasteiger partial charge is 0.135 e. The fourth-order valence-corrected chi connectivity index (χ4v) is 9.05. The predicted octanol–water partition coefficient (Wildman–Crippen LogP) is 13.8. The van der Waals surface area contributed by atoms with Crippen molar-refractivity contribution in [1.82, 2.24) is 0 Å². The number of hydrogen-bond acceptors (Lipinski definition) is 3. The Balaban J connectivity index is 0.961. The van der Waals surface area contributed by atoms with E-state index in [1.807, 2.05) is 0 Å². The van der Waals surface area contributed by atoms with E-state index in [0.717, 1.165) is 128 Å². The van der Waals surface area contributed by atoms with Crippen LogP contribution in [-0.4, -0.2) is 17.3 Å². The molecule has 2 fully saturated rings. The van der Waals surface area contributed by atoms with Crippen molar-refractivity contribution in [2.24, 2.45) is 11.8 Å². The van der Waals surface area contributed by atoms with Crippen LogP contribution in [0, 0.1) is 11.8 Å². The molecule has 0 radical (unpaired) electrons. The van der Waals surface area contributed by atoms with Crippen molar-refractivity contribution in [3.05, 3.63) is 70.8 Å². The fourth-order valence-electron chi connectivity index (χ4n) is 9.05. The molecule has 4 rings (SSSR count). The lowest BCUT2D eigenvalue weighted by molar-refractivity contribution is -0.124. The van der Waals surface area contributed by atoms with E-state index < -0.39 is 0 Å². The van der Waals surface area contributed by atoms with Crippen LogP contribution in [0.4, 0.5) is 0 Å². The van der Waals surface area contributed by atoms with E-state index in [1.54, 1.807) is 0 Å². The molecule has 2 aliphatic carbocycles. The second kappa shape index (κ2) is 24.7. The number of hydrogen-bond donors (Lipinski definition) is 0. The number of carbonyl (C=O) groups excluding carboxylic acids is 3. The van der Waals surface area contributed by atoms with Gasteiger partial charge < -0.3 is 0 Å². The van der Waals surface area contributed by atoms with Crippen LogP contribution in [0.2, 0.25) is 0 Å². The highest BCUT2D eigenvalue weighted by molar-refractivity contribution is 5.81. The Labute approximate surface area is 318 Å². The molecule has 0 saturated heterocycles. The van der Waals surface area contributed by atoms with Crippen molar-refractivity contribution in [2.45, 2.75) is 205 Å². The summed E-state index contributed by atoms with van der Waals surface area (Å²) in [7, 11) is 0. The Kier molecular flexibility index (Phi) is 20.0. The van der Waals surface area contributed by atoms with Crippen LogP contribution >= 0.6 is 0 Å². The molecule has 0 aromatic heterocycles. The minimum atomic E-state index is 0.314. The molecule has 52 heavy (non-hydrogen) atoms. The van der Waals surface area contributed by atoms with Crippen molar-refractivity contribution in [3.63, 3.8) is 0 Å². The summed E-state index contributed by atoms with van der Waals surface area (Å²) in [5, 5.41) is 0. The zero-order chi connectivity index (χ0) is 36.8. The van der Waals surface area contributed by atoms with Gasteiger partial charge in [-0.2, -0.15) is 0 Å². The lowest BCUT2D eigenvalue weighted by Gasteiger charge is -2.28. The first-order valence-electron chi connectivity index (χ1n) is 22.2. The molecule has 0 amide bonds. The van der Waals surface area contributed by atoms with E-state index in [2.05, 4.69) is 62.4 Å². The summed E-state index contributed by atoms with van der Waals surface area (Å²) >= 11 is 0. The Hall–Kier alpha value is -2.55. The van der Waals surface area contributed by atoms with E-state index in [1.165, 1.54) is 73.6 Å². The van der Waals surface area contributed by atoms with Gasteiger partial charge in [-0.1, -0.05) is 114 Å². The number of benzene rings is 2. The summed E-state index contributed by atoms with van der Waals surface area (Å²) in [6, 6.07) is 18.7. The van der Waals surface area contributed by atoms with Crippen molar-refractivity contribution < 1.29 is 14.4 Å². The van der Waals surface area contributed by atoms with Crippen LogP contribution in [0.1, 0.15) is 215 Å². The van der Waals surface area contributed by atoms with Crippen LogP contribution in [0.25, 0.3) is 0 Å². The van der Waals surface area contributed by atoms with Gasteiger partial charge in [0.05, 0.1) is 0 Å². The van der Waals surface area contributed by atoms with Gasteiger partial charge in [-0.3, -0.25) is 14.4 Å². The minimum absolute atomic E-state index is 0.314. The Morgan fingerprint density at radius 3 is 1.13 bits per heavy atom. The highest BCUT2D eigenvalue weighted by atomic mass is 16.1. The van der Waals surface area contributed by atoms with Gasteiger partial charge in [0.15, 0.2) is 0 Å². The van der Waals surface area contributed by atoms with E-state index in [4.69, 9.17) is 0 Å². The molecule has 0 aliphatic heterocycles. The monoisotopic (exact) mass is 711 g/mol. The zero-order valence-electron chi connectivity index (χ0n) is 33.5. The van der Waals surface area contributed by atoms with E-state index >= 15 is 0 Å².